The molecular weight excluding hydrogens is 372 g/mol. The molecule has 0 amide bonds. The van der Waals surface area contributed by atoms with Gasteiger partial charge in [-0.2, -0.15) is 4.98 Å². The molecule has 5 nitrogen and oxygen atoms in total. The molecule has 0 spiro atoms. The summed E-state index contributed by atoms with van der Waals surface area (Å²) in [5, 5.41) is 4.20. The second-order valence-electron chi connectivity index (χ2n) is 9.18. The van der Waals surface area contributed by atoms with E-state index in [9.17, 15) is 0 Å². The molecular formula is C25H32N4O. The maximum Gasteiger partial charge on any atom is 0.243 e. The Bertz CT molecular complexity index is 885. The minimum atomic E-state index is -0.0985. The van der Waals surface area contributed by atoms with Crippen molar-refractivity contribution in [1.29, 1.82) is 0 Å². The lowest BCUT2D eigenvalue weighted by molar-refractivity contribution is 0.0726. The number of benzene rings is 2. The van der Waals surface area contributed by atoms with Crippen molar-refractivity contribution in [2.24, 2.45) is 0 Å². The van der Waals surface area contributed by atoms with Crippen LogP contribution < -0.4 is 0 Å². The van der Waals surface area contributed by atoms with Gasteiger partial charge < -0.3 is 4.52 Å². The van der Waals surface area contributed by atoms with E-state index in [4.69, 9.17) is 4.52 Å². The number of hydrogen-bond donors (Lipinski definition) is 0. The summed E-state index contributed by atoms with van der Waals surface area (Å²) in [6.07, 6.45) is 0. The monoisotopic (exact) mass is 404 g/mol. The summed E-state index contributed by atoms with van der Waals surface area (Å²) in [5.74, 6) is 1.49. The van der Waals surface area contributed by atoms with Crippen LogP contribution in [0, 0.1) is 0 Å². The molecule has 1 aromatic heterocycles. The van der Waals surface area contributed by atoms with Crippen LogP contribution in [0.4, 0.5) is 0 Å². The highest BCUT2D eigenvalue weighted by Crippen LogP contribution is 2.31. The summed E-state index contributed by atoms with van der Waals surface area (Å²) in [6.45, 7) is 12.4. The first-order valence-corrected chi connectivity index (χ1v) is 10.9. The van der Waals surface area contributed by atoms with Crippen molar-refractivity contribution in [3.05, 3.63) is 83.5 Å². The molecule has 1 atom stereocenters. The van der Waals surface area contributed by atoms with Crippen LogP contribution in [0.25, 0.3) is 0 Å². The molecule has 3 aromatic rings. The third kappa shape index (κ3) is 4.47. The first kappa shape index (κ1) is 20.8. The predicted molar refractivity (Wildman–Crippen MR) is 119 cm³/mol. The number of rotatable bonds is 5. The van der Waals surface area contributed by atoms with Crippen molar-refractivity contribution < 1.29 is 4.52 Å². The molecule has 4 rings (SSSR count). The van der Waals surface area contributed by atoms with Crippen molar-refractivity contribution in [1.82, 2.24) is 19.9 Å². The van der Waals surface area contributed by atoms with E-state index in [-0.39, 0.29) is 17.5 Å². The van der Waals surface area contributed by atoms with Crippen LogP contribution in [0.15, 0.2) is 65.2 Å². The van der Waals surface area contributed by atoms with Gasteiger partial charge in [0.25, 0.3) is 0 Å². The molecule has 0 N–H and O–H groups in total. The number of nitrogens with zero attached hydrogens (tertiary/aromatic N) is 4. The van der Waals surface area contributed by atoms with Gasteiger partial charge in [-0.1, -0.05) is 86.6 Å². The third-order valence-electron chi connectivity index (χ3n) is 5.96. The SMILES string of the molecule is C[C@@H](c1nc(C(C)(C)C)no1)N1CCN(C(c2ccccc2)c2ccccc2)CC1. The Balaban J connectivity index is 1.48. The maximum absolute atomic E-state index is 5.60. The van der Waals surface area contributed by atoms with E-state index in [0.717, 1.165) is 37.9 Å². The average molecular weight is 405 g/mol. The maximum atomic E-state index is 5.60. The highest BCUT2D eigenvalue weighted by Gasteiger charge is 2.31. The zero-order valence-electron chi connectivity index (χ0n) is 18.5. The first-order valence-electron chi connectivity index (χ1n) is 10.9. The van der Waals surface area contributed by atoms with Gasteiger partial charge in [-0.15, -0.1) is 0 Å². The lowest BCUT2D eigenvalue weighted by Gasteiger charge is -2.41. The van der Waals surface area contributed by atoms with E-state index in [1.807, 2.05) is 0 Å². The molecule has 5 heteroatoms. The van der Waals surface area contributed by atoms with Crippen molar-refractivity contribution in [2.45, 2.75) is 45.2 Å². The van der Waals surface area contributed by atoms with Gasteiger partial charge in [0.15, 0.2) is 5.82 Å². The molecule has 1 saturated heterocycles. The van der Waals surface area contributed by atoms with E-state index in [1.165, 1.54) is 11.1 Å². The zero-order chi connectivity index (χ0) is 21.1. The molecule has 1 aliphatic rings. The molecule has 2 heterocycles. The van der Waals surface area contributed by atoms with Gasteiger partial charge >= 0.3 is 0 Å². The van der Waals surface area contributed by atoms with Crippen molar-refractivity contribution >= 4 is 0 Å². The molecule has 30 heavy (non-hydrogen) atoms. The Morgan fingerprint density at radius 2 is 1.30 bits per heavy atom. The Labute approximate surface area is 179 Å². The lowest BCUT2D eigenvalue weighted by atomic mass is 9.96. The summed E-state index contributed by atoms with van der Waals surface area (Å²) in [6, 6.07) is 22.0. The molecule has 0 bridgehead atoms. The fraction of sp³-hybridized carbons (Fsp3) is 0.440. The van der Waals surface area contributed by atoms with Gasteiger partial charge in [0.2, 0.25) is 5.89 Å². The number of aromatic nitrogens is 2. The summed E-state index contributed by atoms with van der Waals surface area (Å²) in [7, 11) is 0. The van der Waals surface area contributed by atoms with E-state index in [1.54, 1.807) is 0 Å². The second kappa shape index (κ2) is 8.70. The smallest absolute Gasteiger partial charge is 0.243 e. The van der Waals surface area contributed by atoms with Crippen LogP contribution in [0.3, 0.4) is 0 Å². The fourth-order valence-corrected chi connectivity index (χ4v) is 4.13. The molecule has 0 saturated carbocycles. The van der Waals surface area contributed by atoms with Crippen LogP contribution in [0.5, 0.6) is 0 Å². The minimum absolute atomic E-state index is 0.0985. The Hall–Kier alpha value is -2.50. The molecule has 158 valence electrons. The highest BCUT2D eigenvalue weighted by molar-refractivity contribution is 5.32. The molecule has 0 radical (unpaired) electrons. The minimum Gasteiger partial charge on any atom is -0.338 e. The highest BCUT2D eigenvalue weighted by atomic mass is 16.5. The van der Waals surface area contributed by atoms with Gasteiger partial charge in [-0.25, -0.2) is 0 Å². The Morgan fingerprint density at radius 3 is 1.77 bits per heavy atom. The first-order chi connectivity index (χ1) is 14.4. The van der Waals surface area contributed by atoms with E-state index >= 15 is 0 Å². The van der Waals surface area contributed by atoms with Gasteiger partial charge in [-0.3, -0.25) is 9.80 Å². The predicted octanol–water partition coefficient (Wildman–Crippen LogP) is 4.84. The summed E-state index contributed by atoms with van der Waals surface area (Å²) >= 11 is 0. The number of piperazine rings is 1. The Kier molecular flexibility index (Phi) is 6.02. The van der Waals surface area contributed by atoms with Gasteiger partial charge in [0.05, 0.1) is 12.1 Å². The molecule has 2 aromatic carbocycles. The summed E-state index contributed by atoms with van der Waals surface area (Å²) in [5.41, 5.74) is 2.59. The van der Waals surface area contributed by atoms with E-state index in [0.29, 0.717) is 0 Å². The zero-order valence-corrected chi connectivity index (χ0v) is 18.5. The van der Waals surface area contributed by atoms with Crippen LogP contribution in [0.2, 0.25) is 0 Å². The third-order valence-corrected chi connectivity index (χ3v) is 5.96. The Morgan fingerprint density at radius 1 is 0.800 bits per heavy atom. The van der Waals surface area contributed by atoms with Crippen LogP contribution >= 0.6 is 0 Å². The number of hydrogen-bond acceptors (Lipinski definition) is 5. The molecule has 0 unspecified atom stereocenters. The molecule has 1 aliphatic heterocycles. The van der Waals surface area contributed by atoms with E-state index in [2.05, 4.69) is 108 Å². The second-order valence-corrected chi connectivity index (χ2v) is 9.18. The average Bonchev–Trinajstić information content (AvgIpc) is 3.27. The van der Waals surface area contributed by atoms with Gasteiger partial charge in [0, 0.05) is 31.6 Å². The van der Waals surface area contributed by atoms with Gasteiger partial charge in [0.1, 0.15) is 0 Å². The van der Waals surface area contributed by atoms with Crippen LogP contribution in [0.1, 0.15) is 62.6 Å². The topological polar surface area (TPSA) is 45.4 Å². The fourth-order valence-electron chi connectivity index (χ4n) is 4.13. The van der Waals surface area contributed by atoms with E-state index < -0.39 is 0 Å². The lowest BCUT2D eigenvalue weighted by Crippen LogP contribution is -2.48. The summed E-state index contributed by atoms with van der Waals surface area (Å²) < 4.78 is 5.60. The largest absolute Gasteiger partial charge is 0.338 e. The normalized spacial score (nSPS) is 17.4. The molecule has 1 fully saturated rings. The van der Waals surface area contributed by atoms with Crippen molar-refractivity contribution in [3.8, 4) is 0 Å². The van der Waals surface area contributed by atoms with Crippen LogP contribution in [-0.4, -0.2) is 46.1 Å². The van der Waals surface area contributed by atoms with Crippen molar-refractivity contribution in [3.63, 3.8) is 0 Å². The quantitative estimate of drug-likeness (QED) is 0.609. The van der Waals surface area contributed by atoms with Gasteiger partial charge in [-0.05, 0) is 18.1 Å². The molecule has 0 aliphatic carbocycles. The van der Waals surface area contributed by atoms with Crippen LogP contribution in [-0.2, 0) is 5.41 Å². The standard InChI is InChI=1S/C25H32N4O/c1-19(23-26-24(27-30-23)25(2,3)4)28-15-17-29(18-16-28)22(20-11-7-5-8-12-20)21-13-9-6-10-14-21/h5-14,19,22H,15-18H2,1-4H3/t19-/m0/s1. The van der Waals surface area contributed by atoms with Crippen molar-refractivity contribution in [2.75, 3.05) is 26.2 Å². The summed E-state index contributed by atoms with van der Waals surface area (Å²) in [4.78, 5) is 9.71.